The predicted molar refractivity (Wildman–Crippen MR) is 89.4 cm³/mol. The molecule has 0 heterocycles. The number of aliphatic carboxylic acids is 1. The number of hydrogen-bond donors (Lipinski definition) is 1. The van der Waals surface area contributed by atoms with E-state index in [-0.39, 0.29) is 5.57 Å². The lowest BCUT2D eigenvalue weighted by Gasteiger charge is -2.04. The van der Waals surface area contributed by atoms with Gasteiger partial charge in [0.15, 0.2) is 0 Å². The molecule has 0 aromatic heterocycles. The Bertz CT molecular complexity index is 787. The van der Waals surface area contributed by atoms with Gasteiger partial charge in [0.25, 0.3) is 0 Å². The van der Waals surface area contributed by atoms with Crippen molar-refractivity contribution >= 4 is 29.7 Å². The summed E-state index contributed by atoms with van der Waals surface area (Å²) in [6.45, 7) is 0. The maximum absolute atomic E-state index is 13.0. The fraction of sp³-hybridized carbons (Fsp3) is 0.0526. The van der Waals surface area contributed by atoms with E-state index in [0.29, 0.717) is 11.1 Å². The first-order valence-corrected chi connectivity index (χ1v) is 7.06. The Morgan fingerprint density at radius 3 is 2.12 bits per heavy atom. The Morgan fingerprint density at radius 1 is 1.00 bits per heavy atom. The van der Waals surface area contributed by atoms with Gasteiger partial charge in [0.1, 0.15) is 5.82 Å². The third-order valence-corrected chi connectivity index (χ3v) is 3.25. The summed E-state index contributed by atoms with van der Waals surface area (Å²) in [5.41, 5.74) is 1.93. The van der Waals surface area contributed by atoms with Gasteiger partial charge >= 0.3 is 11.9 Å². The zero-order chi connectivity index (χ0) is 17.5. The molecule has 0 aliphatic rings. The molecule has 2 aromatic rings. The number of carbonyl (C=O) groups is 2. The first-order chi connectivity index (χ1) is 11.5. The van der Waals surface area contributed by atoms with Crippen molar-refractivity contribution in [2.24, 2.45) is 0 Å². The average molecular weight is 326 g/mol. The topological polar surface area (TPSA) is 63.6 Å². The van der Waals surface area contributed by atoms with Crippen molar-refractivity contribution in [3.63, 3.8) is 0 Å². The fourth-order valence-electron chi connectivity index (χ4n) is 2.00. The zero-order valence-electron chi connectivity index (χ0n) is 12.9. The third kappa shape index (κ3) is 4.64. The van der Waals surface area contributed by atoms with Crippen LogP contribution in [0, 0.1) is 5.82 Å². The zero-order valence-corrected chi connectivity index (χ0v) is 12.9. The Kier molecular flexibility index (Phi) is 5.63. The second-order valence-corrected chi connectivity index (χ2v) is 4.89. The summed E-state index contributed by atoms with van der Waals surface area (Å²) in [7, 11) is 1.30. The number of carboxylic acid groups (broad SMARTS) is 1. The summed E-state index contributed by atoms with van der Waals surface area (Å²) < 4.78 is 17.5. The van der Waals surface area contributed by atoms with E-state index in [4.69, 9.17) is 0 Å². The minimum atomic E-state index is -1.10. The Morgan fingerprint density at radius 2 is 1.58 bits per heavy atom. The van der Waals surface area contributed by atoms with Crippen molar-refractivity contribution in [3.8, 4) is 0 Å². The number of hydrogen-bond acceptors (Lipinski definition) is 3. The summed E-state index contributed by atoms with van der Waals surface area (Å²) in [6, 6.07) is 12.2. The van der Waals surface area contributed by atoms with Gasteiger partial charge in [-0.15, -0.1) is 0 Å². The molecule has 0 radical (unpaired) electrons. The van der Waals surface area contributed by atoms with Crippen LogP contribution in [0.1, 0.15) is 16.7 Å². The number of carboxylic acids is 1. The van der Waals surface area contributed by atoms with Gasteiger partial charge in [0, 0.05) is 6.08 Å². The summed E-state index contributed by atoms with van der Waals surface area (Å²) >= 11 is 0. The van der Waals surface area contributed by atoms with Crippen LogP contribution >= 0.6 is 0 Å². The van der Waals surface area contributed by atoms with Crippen molar-refractivity contribution in [3.05, 3.63) is 77.1 Å². The van der Waals surface area contributed by atoms with Gasteiger partial charge in [-0.2, -0.15) is 0 Å². The number of benzene rings is 2. The summed E-state index contributed by atoms with van der Waals surface area (Å²) in [5.74, 6) is -1.98. The van der Waals surface area contributed by atoms with Gasteiger partial charge in [0.2, 0.25) is 0 Å². The van der Waals surface area contributed by atoms with Crippen LogP contribution in [0.3, 0.4) is 0 Å². The molecule has 0 unspecified atom stereocenters. The smallest absolute Gasteiger partial charge is 0.336 e. The third-order valence-electron chi connectivity index (χ3n) is 3.25. The van der Waals surface area contributed by atoms with Gasteiger partial charge < -0.3 is 9.84 Å². The molecule has 1 N–H and O–H groups in total. The standard InChI is InChI=1S/C19H15FO4/c1-24-18(21)11-6-13-2-4-14(5-3-13)12-17(19(22)23)15-7-9-16(20)10-8-15/h2-12H,1H3,(H,22,23)/b11-6?,17-12+. The molecule has 24 heavy (non-hydrogen) atoms. The number of methoxy groups -OCH3 is 1. The van der Waals surface area contributed by atoms with Crippen molar-refractivity contribution in [2.75, 3.05) is 7.11 Å². The molecular weight excluding hydrogens is 311 g/mol. The molecule has 5 heteroatoms. The van der Waals surface area contributed by atoms with E-state index >= 15 is 0 Å². The Balaban J connectivity index is 2.27. The highest BCUT2D eigenvalue weighted by Gasteiger charge is 2.10. The van der Waals surface area contributed by atoms with Crippen molar-refractivity contribution in [1.82, 2.24) is 0 Å². The number of ether oxygens (including phenoxy) is 1. The normalized spacial score (nSPS) is 11.5. The van der Waals surface area contributed by atoms with Gasteiger partial charge in [0.05, 0.1) is 12.7 Å². The molecule has 0 aliphatic carbocycles. The summed E-state index contributed by atoms with van der Waals surface area (Å²) in [5, 5.41) is 9.36. The van der Waals surface area contributed by atoms with Crippen LogP contribution in [0.5, 0.6) is 0 Å². The van der Waals surface area contributed by atoms with Crippen molar-refractivity contribution in [1.29, 1.82) is 0 Å². The van der Waals surface area contributed by atoms with E-state index in [1.807, 2.05) is 0 Å². The molecule has 0 fully saturated rings. The Hall–Kier alpha value is -3.21. The van der Waals surface area contributed by atoms with E-state index in [0.717, 1.165) is 5.56 Å². The molecular formula is C19H15FO4. The minimum absolute atomic E-state index is 0.0628. The maximum Gasteiger partial charge on any atom is 0.336 e. The van der Waals surface area contributed by atoms with Crippen LogP contribution in [0.15, 0.2) is 54.6 Å². The second kappa shape index (κ2) is 7.87. The second-order valence-electron chi connectivity index (χ2n) is 4.89. The van der Waals surface area contributed by atoms with Crippen LogP contribution in [0.4, 0.5) is 4.39 Å². The van der Waals surface area contributed by atoms with Crippen molar-refractivity contribution in [2.45, 2.75) is 0 Å². The molecule has 0 aliphatic heterocycles. The number of halogens is 1. The van der Waals surface area contributed by atoms with Gasteiger partial charge in [-0.3, -0.25) is 0 Å². The van der Waals surface area contributed by atoms with E-state index in [2.05, 4.69) is 4.74 Å². The first-order valence-electron chi connectivity index (χ1n) is 7.06. The molecule has 0 saturated carbocycles. The fourth-order valence-corrected chi connectivity index (χ4v) is 2.00. The van der Waals surface area contributed by atoms with Crippen LogP contribution in [-0.4, -0.2) is 24.2 Å². The molecule has 0 bridgehead atoms. The molecule has 0 amide bonds. The van der Waals surface area contributed by atoms with E-state index < -0.39 is 17.8 Å². The van der Waals surface area contributed by atoms with Crippen LogP contribution in [0.25, 0.3) is 17.7 Å². The molecule has 2 aromatic carbocycles. The molecule has 0 atom stereocenters. The lowest BCUT2D eigenvalue weighted by atomic mass is 10.0. The average Bonchev–Trinajstić information content (AvgIpc) is 2.59. The van der Waals surface area contributed by atoms with Crippen LogP contribution in [0.2, 0.25) is 0 Å². The van der Waals surface area contributed by atoms with Gasteiger partial charge in [-0.05, 0) is 41.0 Å². The predicted octanol–water partition coefficient (Wildman–Crippen LogP) is 3.64. The quantitative estimate of drug-likeness (QED) is 0.518. The van der Waals surface area contributed by atoms with E-state index in [1.54, 1.807) is 30.3 Å². The van der Waals surface area contributed by atoms with Crippen LogP contribution in [-0.2, 0) is 14.3 Å². The summed E-state index contributed by atoms with van der Waals surface area (Å²) in [6.07, 6.45) is 4.40. The highest BCUT2D eigenvalue weighted by Crippen LogP contribution is 2.19. The summed E-state index contributed by atoms with van der Waals surface area (Å²) in [4.78, 5) is 22.5. The van der Waals surface area contributed by atoms with Gasteiger partial charge in [-0.25, -0.2) is 14.0 Å². The highest BCUT2D eigenvalue weighted by atomic mass is 19.1. The number of esters is 1. The van der Waals surface area contributed by atoms with E-state index in [9.17, 15) is 19.1 Å². The number of rotatable bonds is 5. The lowest BCUT2D eigenvalue weighted by Crippen LogP contribution is -1.99. The maximum atomic E-state index is 13.0. The molecule has 4 nitrogen and oxygen atoms in total. The monoisotopic (exact) mass is 326 g/mol. The van der Waals surface area contributed by atoms with E-state index in [1.165, 1.54) is 43.5 Å². The van der Waals surface area contributed by atoms with Gasteiger partial charge in [-0.1, -0.05) is 36.4 Å². The highest BCUT2D eigenvalue weighted by molar-refractivity contribution is 6.20. The first kappa shape index (κ1) is 17.1. The van der Waals surface area contributed by atoms with Crippen molar-refractivity contribution < 1.29 is 23.8 Å². The SMILES string of the molecule is COC(=O)C=Cc1ccc(/C=C(/C(=O)O)c2ccc(F)cc2)cc1. The van der Waals surface area contributed by atoms with Crippen LogP contribution < -0.4 is 0 Å². The molecule has 2 rings (SSSR count). The largest absolute Gasteiger partial charge is 0.478 e. The number of carbonyl (C=O) groups excluding carboxylic acids is 1. The molecule has 0 saturated heterocycles. The molecule has 122 valence electrons. The lowest BCUT2D eigenvalue weighted by molar-refractivity contribution is -0.134. The molecule has 0 spiro atoms. The minimum Gasteiger partial charge on any atom is -0.478 e. The Labute approximate surface area is 138 Å².